The SMILES string of the molecule is CC1(C)OB(C2=CCC(N)CC2)OC1(C)C.Cl. The van der Waals surface area contributed by atoms with Crippen LogP contribution in [0.4, 0.5) is 0 Å². The van der Waals surface area contributed by atoms with E-state index in [1.807, 2.05) is 0 Å². The number of rotatable bonds is 1. The van der Waals surface area contributed by atoms with E-state index in [-0.39, 0.29) is 30.7 Å². The number of allylic oxidation sites excluding steroid dienone is 1. The van der Waals surface area contributed by atoms with Gasteiger partial charge in [0.15, 0.2) is 0 Å². The lowest BCUT2D eigenvalue weighted by atomic mass is 9.72. The first kappa shape index (κ1) is 15.0. The molecule has 17 heavy (non-hydrogen) atoms. The Morgan fingerprint density at radius 2 is 1.76 bits per heavy atom. The molecule has 1 saturated heterocycles. The van der Waals surface area contributed by atoms with Crippen LogP contribution in [0.25, 0.3) is 0 Å². The molecular formula is C12H23BClNO2. The zero-order valence-electron chi connectivity index (χ0n) is 11.2. The molecule has 2 aliphatic rings. The molecule has 0 aromatic rings. The third kappa shape index (κ3) is 2.87. The van der Waals surface area contributed by atoms with Crippen molar-refractivity contribution in [3.8, 4) is 0 Å². The van der Waals surface area contributed by atoms with Crippen LogP contribution in [0.3, 0.4) is 0 Å². The first-order valence-corrected chi connectivity index (χ1v) is 6.12. The molecule has 1 unspecified atom stereocenters. The Kier molecular flexibility index (Phi) is 4.35. The van der Waals surface area contributed by atoms with Gasteiger partial charge in [-0.25, -0.2) is 0 Å². The maximum atomic E-state index is 6.01. The van der Waals surface area contributed by atoms with Gasteiger partial charge in [-0.15, -0.1) is 12.4 Å². The van der Waals surface area contributed by atoms with Gasteiger partial charge in [0.1, 0.15) is 0 Å². The lowest BCUT2D eigenvalue weighted by molar-refractivity contribution is 0.00578. The van der Waals surface area contributed by atoms with Crippen LogP contribution in [0.15, 0.2) is 11.5 Å². The van der Waals surface area contributed by atoms with Crippen LogP contribution in [0.5, 0.6) is 0 Å². The molecule has 1 aliphatic carbocycles. The van der Waals surface area contributed by atoms with E-state index in [0.717, 1.165) is 19.3 Å². The Morgan fingerprint density at radius 3 is 2.18 bits per heavy atom. The van der Waals surface area contributed by atoms with E-state index in [0.29, 0.717) is 6.04 Å². The van der Waals surface area contributed by atoms with Gasteiger partial charge in [0.25, 0.3) is 0 Å². The second kappa shape index (κ2) is 4.92. The summed E-state index contributed by atoms with van der Waals surface area (Å²) in [7, 11) is -0.169. The van der Waals surface area contributed by atoms with E-state index in [2.05, 4.69) is 33.8 Å². The second-order valence-electron chi connectivity index (χ2n) is 5.90. The molecule has 3 nitrogen and oxygen atoms in total. The maximum Gasteiger partial charge on any atom is 0.490 e. The average molecular weight is 260 g/mol. The zero-order valence-corrected chi connectivity index (χ0v) is 12.0. The molecule has 0 aromatic carbocycles. The van der Waals surface area contributed by atoms with Gasteiger partial charge in [-0.1, -0.05) is 6.08 Å². The van der Waals surface area contributed by atoms with Gasteiger partial charge >= 0.3 is 7.12 Å². The minimum absolute atomic E-state index is 0. The quantitative estimate of drug-likeness (QED) is 0.736. The number of halogens is 1. The number of nitrogens with two attached hydrogens (primary N) is 1. The third-order valence-corrected chi connectivity index (χ3v) is 4.04. The molecule has 98 valence electrons. The van der Waals surface area contributed by atoms with Crippen LogP contribution in [0.1, 0.15) is 47.0 Å². The normalized spacial score (nSPS) is 30.8. The van der Waals surface area contributed by atoms with Crippen molar-refractivity contribution in [2.75, 3.05) is 0 Å². The van der Waals surface area contributed by atoms with E-state index >= 15 is 0 Å². The molecule has 0 amide bonds. The average Bonchev–Trinajstić information content (AvgIpc) is 2.37. The summed E-state index contributed by atoms with van der Waals surface area (Å²) in [5, 5.41) is 0. The standard InChI is InChI=1S/C12H22BNO2.ClH/c1-11(2)12(3,4)16-13(15-11)9-5-7-10(14)8-6-9;/h5,10H,6-8,14H2,1-4H3;1H. The molecule has 1 aliphatic heterocycles. The highest BCUT2D eigenvalue weighted by molar-refractivity contribution is 6.54. The predicted octanol–water partition coefficient (Wildman–Crippen LogP) is 2.48. The molecule has 0 saturated carbocycles. The van der Waals surface area contributed by atoms with Crippen LogP contribution in [0.2, 0.25) is 0 Å². The van der Waals surface area contributed by atoms with Gasteiger partial charge in [0.05, 0.1) is 11.2 Å². The highest BCUT2D eigenvalue weighted by Crippen LogP contribution is 2.39. The molecule has 0 bridgehead atoms. The molecular weight excluding hydrogens is 236 g/mol. The summed E-state index contributed by atoms with van der Waals surface area (Å²) in [5.74, 6) is 0. The first-order chi connectivity index (χ1) is 7.32. The van der Waals surface area contributed by atoms with Crippen LogP contribution in [0, 0.1) is 0 Å². The van der Waals surface area contributed by atoms with Crippen LogP contribution < -0.4 is 5.73 Å². The Morgan fingerprint density at radius 1 is 1.24 bits per heavy atom. The Balaban J connectivity index is 0.00000144. The van der Waals surface area contributed by atoms with Crippen LogP contribution >= 0.6 is 12.4 Å². The summed E-state index contributed by atoms with van der Waals surface area (Å²) in [6.45, 7) is 8.34. The molecule has 2 N–H and O–H groups in total. The highest BCUT2D eigenvalue weighted by Gasteiger charge is 2.52. The molecule has 1 fully saturated rings. The van der Waals surface area contributed by atoms with Gasteiger partial charge < -0.3 is 15.0 Å². The van der Waals surface area contributed by atoms with Crippen LogP contribution in [-0.2, 0) is 9.31 Å². The molecule has 0 radical (unpaired) electrons. The van der Waals surface area contributed by atoms with Crippen molar-refractivity contribution in [1.29, 1.82) is 0 Å². The summed E-state index contributed by atoms with van der Waals surface area (Å²) in [5.41, 5.74) is 6.66. The van der Waals surface area contributed by atoms with Crippen molar-refractivity contribution in [2.45, 2.75) is 64.2 Å². The van der Waals surface area contributed by atoms with E-state index in [1.54, 1.807) is 0 Å². The van der Waals surface area contributed by atoms with Crippen molar-refractivity contribution < 1.29 is 9.31 Å². The third-order valence-electron chi connectivity index (χ3n) is 4.04. The van der Waals surface area contributed by atoms with E-state index in [1.165, 1.54) is 5.47 Å². The summed E-state index contributed by atoms with van der Waals surface area (Å²) < 4.78 is 12.0. The van der Waals surface area contributed by atoms with Crippen molar-refractivity contribution in [1.82, 2.24) is 0 Å². The van der Waals surface area contributed by atoms with Crippen molar-refractivity contribution in [3.05, 3.63) is 11.5 Å². The summed E-state index contributed by atoms with van der Waals surface area (Å²) >= 11 is 0. The van der Waals surface area contributed by atoms with Crippen molar-refractivity contribution >= 4 is 19.5 Å². The molecule has 0 spiro atoms. The fourth-order valence-electron chi connectivity index (χ4n) is 2.08. The highest BCUT2D eigenvalue weighted by atomic mass is 35.5. The van der Waals surface area contributed by atoms with Gasteiger partial charge in [0.2, 0.25) is 0 Å². The Hall–Kier alpha value is -0.0251. The topological polar surface area (TPSA) is 44.5 Å². The molecule has 1 heterocycles. The maximum absolute atomic E-state index is 6.01. The molecule has 2 rings (SSSR count). The van der Waals surface area contributed by atoms with Crippen LogP contribution in [-0.4, -0.2) is 24.4 Å². The minimum Gasteiger partial charge on any atom is -0.400 e. The first-order valence-electron chi connectivity index (χ1n) is 6.12. The number of hydrogen-bond donors (Lipinski definition) is 1. The van der Waals surface area contributed by atoms with Gasteiger partial charge in [-0.05, 0) is 52.4 Å². The molecule has 0 aromatic heterocycles. The largest absolute Gasteiger partial charge is 0.490 e. The summed E-state index contributed by atoms with van der Waals surface area (Å²) in [4.78, 5) is 0. The van der Waals surface area contributed by atoms with Gasteiger partial charge in [-0.3, -0.25) is 0 Å². The fourth-order valence-corrected chi connectivity index (χ4v) is 2.08. The molecule has 5 heteroatoms. The predicted molar refractivity (Wildman–Crippen MR) is 73.2 cm³/mol. The second-order valence-corrected chi connectivity index (χ2v) is 5.90. The lowest BCUT2D eigenvalue weighted by Gasteiger charge is -2.32. The van der Waals surface area contributed by atoms with E-state index < -0.39 is 0 Å². The smallest absolute Gasteiger partial charge is 0.400 e. The van der Waals surface area contributed by atoms with E-state index in [9.17, 15) is 0 Å². The van der Waals surface area contributed by atoms with E-state index in [4.69, 9.17) is 15.0 Å². The van der Waals surface area contributed by atoms with Gasteiger partial charge in [-0.2, -0.15) is 0 Å². The van der Waals surface area contributed by atoms with Crippen molar-refractivity contribution in [2.24, 2.45) is 5.73 Å². The lowest BCUT2D eigenvalue weighted by Crippen LogP contribution is -2.41. The summed E-state index contributed by atoms with van der Waals surface area (Å²) in [6.07, 6.45) is 5.17. The Labute approximate surface area is 111 Å². The Bertz CT molecular complexity index is 302. The molecule has 1 atom stereocenters. The summed E-state index contributed by atoms with van der Waals surface area (Å²) in [6, 6.07) is 0.311. The number of hydrogen-bond acceptors (Lipinski definition) is 3. The van der Waals surface area contributed by atoms with Crippen molar-refractivity contribution in [3.63, 3.8) is 0 Å². The monoisotopic (exact) mass is 259 g/mol. The minimum atomic E-state index is -0.238. The zero-order chi connectivity index (χ0) is 12.0. The van der Waals surface area contributed by atoms with Gasteiger partial charge in [0, 0.05) is 6.04 Å². The fraction of sp³-hybridized carbons (Fsp3) is 0.833.